The Hall–Kier alpha value is -6.99. The smallest absolute Gasteiger partial charge is 0.334 e. The Balaban J connectivity index is 1.36. The summed E-state index contributed by atoms with van der Waals surface area (Å²) in [6, 6.07) is 12.8. The third-order valence-corrected chi connectivity index (χ3v) is 22.3. The molecule has 0 aromatic heterocycles. The summed E-state index contributed by atoms with van der Waals surface area (Å²) in [6.45, 7) is 1.96. The molecule has 1 saturated heterocycles. The van der Waals surface area contributed by atoms with Crippen molar-refractivity contribution in [3.05, 3.63) is 120 Å². The molecule has 0 radical (unpaired) electrons. The van der Waals surface area contributed by atoms with Crippen LogP contribution in [0, 0.1) is 0 Å². The van der Waals surface area contributed by atoms with Crippen molar-refractivity contribution in [3.63, 3.8) is 0 Å². The highest BCUT2D eigenvalue weighted by Crippen LogP contribution is 2.54. The van der Waals surface area contributed by atoms with Crippen LogP contribution in [0.5, 0.6) is 5.75 Å². The molecular weight excluding hydrogens is 1390 g/mol. The van der Waals surface area contributed by atoms with Gasteiger partial charge in [0.25, 0.3) is 62.4 Å². The van der Waals surface area contributed by atoms with Gasteiger partial charge in [-0.1, -0.05) is 6.07 Å². The third kappa shape index (κ3) is 16.1. The van der Waals surface area contributed by atoms with Gasteiger partial charge in [-0.2, -0.15) is 46.7 Å². The van der Waals surface area contributed by atoms with Gasteiger partial charge < -0.3 is 28.5 Å². The summed E-state index contributed by atoms with van der Waals surface area (Å²) in [5.41, 5.74) is -1.93. The molecule has 3 aliphatic rings. The minimum absolute atomic E-state index is 0.0501. The molecule has 8 rings (SSSR count). The van der Waals surface area contributed by atoms with Crippen LogP contribution in [-0.2, 0) is 110 Å². The molecule has 94 heavy (non-hydrogen) atoms. The third-order valence-electron chi connectivity index (χ3n) is 15.8. The van der Waals surface area contributed by atoms with Gasteiger partial charge in [-0.05, 0) is 128 Å². The number of methoxy groups -OCH3 is 2. The molecule has 5 aromatic rings. The summed E-state index contributed by atoms with van der Waals surface area (Å²) < 4.78 is 264. The average molecular weight is 1450 g/mol. The van der Waals surface area contributed by atoms with E-state index in [0.717, 1.165) is 24.3 Å². The number of hydrogen-bond acceptors (Lipinski definition) is 23. The average Bonchev–Trinajstić information content (AvgIpc) is 1.54. The highest BCUT2D eigenvalue weighted by Gasteiger charge is 2.50. The number of anilines is 1. The van der Waals surface area contributed by atoms with E-state index in [1.807, 2.05) is 0 Å². The largest absolute Gasteiger partial charge is 0.744 e. The molecule has 31 nitrogen and oxygen atoms in total. The zero-order valence-corrected chi connectivity index (χ0v) is 55.8. The summed E-state index contributed by atoms with van der Waals surface area (Å²) >= 11 is 0. The number of rotatable bonds is 29. The van der Waals surface area contributed by atoms with E-state index in [1.54, 1.807) is 23.3 Å². The van der Waals surface area contributed by atoms with Gasteiger partial charge in [0.1, 0.15) is 38.0 Å². The second-order valence-electron chi connectivity index (χ2n) is 22.2. The van der Waals surface area contributed by atoms with E-state index in [0.29, 0.717) is 17.2 Å². The van der Waals surface area contributed by atoms with E-state index in [1.165, 1.54) is 74.9 Å². The van der Waals surface area contributed by atoms with Crippen molar-refractivity contribution >= 4 is 127 Å². The molecule has 3 aliphatic heterocycles. The van der Waals surface area contributed by atoms with Crippen LogP contribution in [-0.4, -0.2) is 178 Å². The molecule has 38 heteroatoms. The number of amides is 2. The van der Waals surface area contributed by atoms with Gasteiger partial charge in [-0.15, -0.1) is 5.06 Å². The van der Waals surface area contributed by atoms with Crippen molar-refractivity contribution in [1.29, 1.82) is 0 Å². The van der Waals surface area contributed by atoms with E-state index in [4.69, 9.17) is 19.0 Å². The number of ether oxygens (including phenoxy) is 3. The number of allylic oxidation sites excluding steroid dienone is 5. The van der Waals surface area contributed by atoms with E-state index in [-0.39, 0.29) is 137 Å². The summed E-state index contributed by atoms with van der Waals surface area (Å²) in [7, 11) is -32.3. The first-order chi connectivity index (χ1) is 43.5. The van der Waals surface area contributed by atoms with Gasteiger partial charge in [0, 0.05) is 105 Å². The van der Waals surface area contributed by atoms with E-state index in [9.17, 15) is 101 Å². The molecule has 2 unspecified atom stereocenters. The Bertz CT molecular complexity index is 4900. The summed E-state index contributed by atoms with van der Waals surface area (Å²) in [5.74, 6) is -4.54. The second-order valence-corrected chi connectivity index (χ2v) is 32.7. The maximum atomic E-state index is 13.6. The predicted molar refractivity (Wildman–Crippen MR) is 332 cm³/mol. The molecule has 3 heterocycles. The lowest BCUT2D eigenvalue weighted by Crippen LogP contribution is -2.33. The molecule has 6 N–H and O–H groups in total. The van der Waals surface area contributed by atoms with Gasteiger partial charge in [0.15, 0.2) is 5.71 Å². The number of benzene rings is 5. The maximum Gasteiger partial charge on any atom is 0.334 e. The lowest BCUT2D eigenvalue weighted by atomic mass is 9.74. The number of sulfonamides is 1. The number of fused-ring (bicyclic) bond motifs is 6. The van der Waals surface area contributed by atoms with Crippen LogP contribution in [0.3, 0.4) is 0 Å². The molecule has 0 aliphatic carbocycles. The van der Waals surface area contributed by atoms with Gasteiger partial charge >= 0.3 is 5.97 Å². The van der Waals surface area contributed by atoms with Crippen LogP contribution in [0.15, 0.2) is 133 Å². The molecule has 2 atom stereocenters. The topological polar surface area (TPSA) is 473 Å². The first-order valence-electron chi connectivity index (χ1n) is 27.9. The van der Waals surface area contributed by atoms with Crippen LogP contribution in [0.4, 0.5) is 11.4 Å². The molecule has 1 fully saturated rings. The zero-order chi connectivity index (χ0) is 69.5. The maximum absolute atomic E-state index is 13.6. The van der Waals surface area contributed by atoms with Crippen LogP contribution in [0.1, 0.15) is 69.9 Å². The van der Waals surface area contributed by atoms with Gasteiger partial charge in [0.05, 0.1) is 38.0 Å². The standard InChI is InChI=1S/C56H62N4O27S7/c1-55(22-27-84-3)48(58(25-5-29-88(64,65)66)44-15-13-40-42(53(44)55)31-38(91(72,73)74)33-46(40)93(78,79)80)17-9-36(86-35-7-11-37(12-8-35)90(70,71)57-24-21-52(63)87-60-50(61)19-20-51(60)62)10-18-49-56(2,23-28-85-4)54-43-32-39(92(75,76)77)34-47(94(81,82)83)41(43)14-16-45(54)59(49)26-6-30-89(67,68)69/h7-18,31-34,57H,5-6,19-30H2,1-4H3,(H5-,64,65,66,67,68,69,72,73,74,75,76,77,78,79,80,81,82,83). The van der Waals surface area contributed by atoms with Gasteiger partial charge in [0.2, 0.25) is 15.7 Å². The number of carbonyl (C=O) groups is 3. The molecule has 0 bridgehead atoms. The lowest BCUT2D eigenvalue weighted by Gasteiger charge is -2.30. The van der Waals surface area contributed by atoms with E-state index in [2.05, 4.69) is 4.72 Å². The molecule has 0 saturated carbocycles. The predicted octanol–water partition coefficient (Wildman–Crippen LogP) is 4.08. The molecule has 0 spiro atoms. The highest BCUT2D eigenvalue weighted by atomic mass is 32.2. The first-order valence-corrected chi connectivity index (χ1v) is 38.3. The molecule has 2 amide bonds. The van der Waals surface area contributed by atoms with Crippen LogP contribution < -0.4 is 14.4 Å². The van der Waals surface area contributed by atoms with Crippen molar-refractivity contribution in [2.24, 2.45) is 0 Å². The Morgan fingerprint density at radius 1 is 0.660 bits per heavy atom. The number of carbonyl (C=O) groups excluding carboxylic acids is 3. The van der Waals surface area contributed by atoms with Crippen LogP contribution in [0.2, 0.25) is 0 Å². The lowest BCUT2D eigenvalue weighted by molar-refractivity contribution is -0.437. The fourth-order valence-electron chi connectivity index (χ4n) is 11.6. The minimum Gasteiger partial charge on any atom is -0.744 e. The second kappa shape index (κ2) is 27.3. The fraction of sp³-hybridized carbons (Fsp3) is 0.357. The van der Waals surface area contributed by atoms with Crippen molar-refractivity contribution in [2.45, 2.75) is 94.1 Å². The van der Waals surface area contributed by atoms with Crippen molar-refractivity contribution in [2.75, 3.05) is 63.5 Å². The van der Waals surface area contributed by atoms with Crippen molar-refractivity contribution in [3.8, 4) is 5.75 Å². The quantitative estimate of drug-likeness (QED) is 0.0129. The Kier molecular flexibility index (Phi) is 21.1. The van der Waals surface area contributed by atoms with E-state index < -0.39 is 143 Å². The Labute approximate surface area is 540 Å². The number of imide groups is 1. The summed E-state index contributed by atoms with van der Waals surface area (Å²) in [6.07, 6.45) is 3.88. The van der Waals surface area contributed by atoms with E-state index >= 15 is 0 Å². The normalized spacial score (nSPS) is 19.0. The summed E-state index contributed by atoms with van der Waals surface area (Å²) in [4.78, 5) is 38.4. The molecule has 5 aromatic carbocycles. The van der Waals surface area contributed by atoms with Crippen LogP contribution >= 0.6 is 0 Å². The molecular formula is C56H62N4O27S7. The fourth-order valence-corrected chi connectivity index (χ4v) is 16.3. The number of nitrogens with one attached hydrogen (secondary N) is 1. The minimum atomic E-state index is -5.47. The SMILES string of the molecule is COCCC1(C)C(/C=C/C(=C/C=C2/N(CCCS(=O)(=O)O)c3ccc4c(S(=O)(=O)O)cc(S(=O)(=O)[O-])cc4c3C2(C)CCOC)Oc2ccc(S(=O)(=O)NCCC(=O)ON3C(=O)CCC3=O)cc2)=[N+](CCCS(=O)(=O)O)c2ccc3c(S(=O)(=O)O)cc(S(=O)(=O)O)cc3c21. The Morgan fingerprint density at radius 3 is 1.76 bits per heavy atom. The van der Waals surface area contributed by atoms with Crippen molar-refractivity contribution in [1.82, 2.24) is 9.79 Å². The monoisotopic (exact) mass is 1450 g/mol. The first kappa shape index (κ1) is 72.8. The number of hydroxylamine groups is 2. The highest BCUT2D eigenvalue weighted by molar-refractivity contribution is 7.89. The number of nitrogens with zero attached hydrogens (tertiary/aromatic N) is 3. The van der Waals surface area contributed by atoms with Gasteiger partial charge in [-0.3, -0.25) is 32.4 Å². The summed E-state index contributed by atoms with van der Waals surface area (Å²) in [5, 5.41) is -0.501. The zero-order valence-electron chi connectivity index (χ0n) is 50.1. The number of hydrogen-bond donors (Lipinski definition) is 6. The van der Waals surface area contributed by atoms with Crippen molar-refractivity contribution < 1.29 is 124 Å². The van der Waals surface area contributed by atoms with Crippen LogP contribution in [0.25, 0.3) is 21.5 Å². The van der Waals surface area contributed by atoms with Gasteiger partial charge in [-0.25, -0.2) is 26.4 Å². The Morgan fingerprint density at radius 2 is 1.20 bits per heavy atom. The molecule has 510 valence electrons.